The molecule has 0 spiro atoms. The molecule has 1 aliphatic carbocycles. The molecule has 1 saturated carbocycles. The summed E-state index contributed by atoms with van der Waals surface area (Å²) in [4.78, 5) is 17.4. The standard InChI is InChI=1S/C15H21NOS/c1-2-12-8-14(10-16-9-12)18-11-15(17)13-6-4-3-5-7-13/h8-10,13H,2-7,11H2,1H3. The van der Waals surface area contributed by atoms with Gasteiger partial charge in [0.05, 0.1) is 5.75 Å². The highest BCUT2D eigenvalue weighted by Crippen LogP contribution is 2.27. The van der Waals surface area contributed by atoms with Crippen molar-refractivity contribution >= 4 is 17.5 Å². The molecule has 0 aliphatic heterocycles. The van der Waals surface area contributed by atoms with E-state index in [9.17, 15) is 4.79 Å². The fourth-order valence-corrected chi connectivity index (χ4v) is 3.35. The Bertz CT molecular complexity index is 399. The maximum Gasteiger partial charge on any atom is 0.146 e. The van der Waals surface area contributed by atoms with E-state index in [-0.39, 0.29) is 0 Å². The second kappa shape index (κ2) is 6.93. The van der Waals surface area contributed by atoms with Gasteiger partial charge in [-0.3, -0.25) is 9.78 Å². The predicted octanol–water partition coefficient (Wildman–Crippen LogP) is 3.89. The summed E-state index contributed by atoms with van der Waals surface area (Å²) >= 11 is 1.64. The molecule has 2 rings (SSSR count). The maximum atomic E-state index is 12.1. The van der Waals surface area contributed by atoms with Gasteiger partial charge in [-0.25, -0.2) is 0 Å². The lowest BCUT2D eigenvalue weighted by Crippen LogP contribution is -2.19. The van der Waals surface area contributed by atoms with E-state index in [1.807, 2.05) is 12.4 Å². The van der Waals surface area contributed by atoms with Crippen molar-refractivity contribution in [1.29, 1.82) is 0 Å². The molecule has 1 heterocycles. The van der Waals surface area contributed by atoms with E-state index < -0.39 is 0 Å². The summed E-state index contributed by atoms with van der Waals surface area (Å²) in [5.41, 5.74) is 1.24. The Labute approximate surface area is 114 Å². The van der Waals surface area contributed by atoms with Gasteiger partial charge >= 0.3 is 0 Å². The summed E-state index contributed by atoms with van der Waals surface area (Å²) in [5.74, 6) is 1.37. The molecule has 98 valence electrons. The number of carbonyl (C=O) groups is 1. The number of hydrogen-bond acceptors (Lipinski definition) is 3. The normalized spacial score (nSPS) is 16.7. The van der Waals surface area contributed by atoms with Crippen LogP contribution in [-0.2, 0) is 11.2 Å². The lowest BCUT2D eigenvalue weighted by atomic mass is 9.87. The highest BCUT2D eigenvalue weighted by Gasteiger charge is 2.20. The van der Waals surface area contributed by atoms with Crippen LogP contribution in [0.2, 0.25) is 0 Å². The number of pyridine rings is 1. The first-order chi connectivity index (χ1) is 8.79. The van der Waals surface area contributed by atoms with Crippen molar-refractivity contribution in [3.8, 4) is 0 Å². The van der Waals surface area contributed by atoms with Gasteiger partial charge in [-0.2, -0.15) is 0 Å². The van der Waals surface area contributed by atoms with Crippen LogP contribution < -0.4 is 0 Å². The molecule has 18 heavy (non-hydrogen) atoms. The predicted molar refractivity (Wildman–Crippen MR) is 75.9 cm³/mol. The van der Waals surface area contributed by atoms with Gasteiger partial charge in [0.15, 0.2) is 0 Å². The summed E-state index contributed by atoms with van der Waals surface area (Å²) in [6.07, 6.45) is 10.7. The van der Waals surface area contributed by atoms with Crippen molar-refractivity contribution in [2.75, 3.05) is 5.75 Å². The van der Waals surface area contributed by atoms with Crippen LogP contribution in [0.25, 0.3) is 0 Å². The zero-order valence-electron chi connectivity index (χ0n) is 11.0. The Morgan fingerprint density at radius 1 is 1.33 bits per heavy atom. The van der Waals surface area contributed by atoms with Crippen LogP contribution in [0.5, 0.6) is 0 Å². The Morgan fingerprint density at radius 2 is 2.11 bits per heavy atom. The Balaban J connectivity index is 1.84. The molecule has 2 nitrogen and oxygen atoms in total. The van der Waals surface area contributed by atoms with Crippen molar-refractivity contribution in [1.82, 2.24) is 4.98 Å². The molecule has 1 aromatic rings. The highest BCUT2D eigenvalue weighted by molar-refractivity contribution is 8.00. The molecule has 0 unspecified atom stereocenters. The molecule has 0 bridgehead atoms. The van der Waals surface area contributed by atoms with Crippen molar-refractivity contribution in [2.24, 2.45) is 5.92 Å². The van der Waals surface area contributed by atoms with Crippen molar-refractivity contribution in [2.45, 2.75) is 50.3 Å². The summed E-state index contributed by atoms with van der Waals surface area (Å²) in [6, 6.07) is 2.14. The van der Waals surface area contributed by atoms with Crippen LogP contribution in [0.15, 0.2) is 23.4 Å². The van der Waals surface area contributed by atoms with Gasteiger partial charge in [-0.15, -0.1) is 11.8 Å². The number of nitrogens with zero attached hydrogens (tertiary/aromatic N) is 1. The van der Waals surface area contributed by atoms with Crippen molar-refractivity contribution in [3.05, 3.63) is 24.0 Å². The van der Waals surface area contributed by atoms with E-state index in [0.717, 1.165) is 24.2 Å². The van der Waals surface area contributed by atoms with Crippen LogP contribution in [0.4, 0.5) is 0 Å². The van der Waals surface area contributed by atoms with Crippen molar-refractivity contribution in [3.63, 3.8) is 0 Å². The average Bonchev–Trinajstić information content (AvgIpc) is 2.46. The summed E-state index contributed by atoms with van der Waals surface area (Å²) in [6.45, 7) is 2.12. The molecule has 1 fully saturated rings. The first-order valence-electron chi connectivity index (χ1n) is 6.89. The highest BCUT2D eigenvalue weighted by atomic mass is 32.2. The average molecular weight is 263 g/mol. The molecular weight excluding hydrogens is 242 g/mol. The largest absolute Gasteiger partial charge is 0.298 e. The van der Waals surface area contributed by atoms with Crippen LogP contribution in [0, 0.1) is 5.92 Å². The molecule has 0 N–H and O–H groups in total. The maximum absolute atomic E-state index is 12.1. The third kappa shape index (κ3) is 3.84. The van der Waals surface area contributed by atoms with E-state index in [1.165, 1.54) is 24.8 Å². The van der Waals surface area contributed by atoms with Crippen LogP contribution in [0.3, 0.4) is 0 Å². The van der Waals surface area contributed by atoms with E-state index in [0.29, 0.717) is 17.5 Å². The topological polar surface area (TPSA) is 30.0 Å². The zero-order chi connectivity index (χ0) is 12.8. The molecule has 0 amide bonds. The second-order valence-corrected chi connectivity index (χ2v) is 6.02. The van der Waals surface area contributed by atoms with E-state index in [2.05, 4.69) is 18.0 Å². The van der Waals surface area contributed by atoms with Crippen molar-refractivity contribution < 1.29 is 4.79 Å². The van der Waals surface area contributed by atoms with Gasteiger partial charge < -0.3 is 0 Å². The fourth-order valence-electron chi connectivity index (χ4n) is 2.43. The number of thioether (sulfide) groups is 1. The van der Waals surface area contributed by atoms with Gasteiger partial charge in [0.1, 0.15) is 5.78 Å². The number of aromatic nitrogens is 1. The van der Waals surface area contributed by atoms with Crippen LogP contribution >= 0.6 is 11.8 Å². The Morgan fingerprint density at radius 3 is 2.83 bits per heavy atom. The number of Topliss-reactive ketones (excluding diaryl/α,β-unsaturated/α-hetero) is 1. The molecule has 1 aliphatic rings. The van der Waals surface area contributed by atoms with Gasteiger partial charge in [0.25, 0.3) is 0 Å². The Kier molecular flexibility index (Phi) is 5.24. The van der Waals surface area contributed by atoms with E-state index >= 15 is 0 Å². The first kappa shape index (κ1) is 13.6. The summed E-state index contributed by atoms with van der Waals surface area (Å²) in [7, 11) is 0. The van der Waals surface area contributed by atoms with Gasteiger partial charge in [-0.05, 0) is 30.9 Å². The molecule has 0 atom stereocenters. The third-order valence-electron chi connectivity index (χ3n) is 3.62. The van der Waals surface area contributed by atoms with Gasteiger partial charge in [0, 0.05) is 23.2 Å². The van der Waals surface area contributed by atoms with E-state index in [1.54, 1.807) is 11.8 Å². The minimum absolute atomic E-state index is 0.327. The molecule has 0 saturated heterocycles. The first-order valence-corrected chi connectivity index (χ1v) is 7.87. The molecule has 1 aromatic heterocycles. The minimum Gasteiger partial charge on any atom is -0.298 e. The number of rotatable bonds is 5. The number of hydrogen-bond donors (Lipinski definition) is 0. The Hall–Kier alpha value is -0.830. The van der Waals surface area contributed by atoms with E-state index in [4.69, 9.17) is 0 Å². The zero-order valence-corrected chi connectivity index (χ0v) is 11.8. The minimum atomic E-state index is 0.327. The quantitative estimate of drug-likeness (QED) is 0.755. The van der Waals surface area contributed by atoms with Gasteiger partial charge in [0.2, 0.25) is 0 Å². The number of ketones is 1. The second-order valence-electron chi connectivity index (χ2n) is 4.97. The molecule has 3 heteroatoms. The molecular formula is C15H21NOS. The summed E-state index contributed by atoms with van der Waals surface area (Å²) in [5, 5.41) is 0. The summed E-state index contributed by atoms with van der Waals surface area (Å²) < 4.78 is 0. The fraction of sp³-hybridized carbons (Fsp3) is 0.600. The lowest BCUT2D eigenvalue weighted by molar-refractivity contribution is -0.121. The van der Waals surface area contributed by atoms with Gasteiger partial charge in [-0.1, -0.05) is 26.2 Å². The van der Waals surface area contributed by atoms with Crippen LogP contribution in [0.1, 0.15) is 44.6 Å². The third-order valence-corrected chi connectivity index (χ3v) is 4.61. The molecule has 0 radical (unpaired) electrons. The number of carbonyl (C=O) groups excluding carboxylic acids is 1. The van der Waals surface area contributed by atoms with Crippen LogP contribution in [-0.4, -0.2) is 16.5 Å². The SMILES string of the molecule is CCc1cncc(SCC(=O)C2CCCCC2)c1. The monoisotopic (exact) mass is 263 g/mol. The smallest absolute Gasteiger partial charge is 0.146 e. The lowest BCUT2D eigenvalue weighted by Gasteiger charge is -2.19. The molecule has 0 aromatic carbocycles. The number of aryl methyl sites for hydroxylation is 1.